The van der Waals surface area contributed by atoms with Gasteiger partial charge in [0.2, 0.25) is 0 Å². The number of ether oxygens (including phenoxy) is 1. The molecule has 3 saturated carbocycles. The molecule has 0 aromatic heterocycles. The van der Waals surface area contributed by atoms with E-state index in [4.69, 9.17) is 4.74 Å². The van der Waals surface area contributed by atoms with Gasteiger partial charge in [-0.25, -0.2) is 4.79 Å². The molecular formula is C30H51NO2. The van der Waals surface area contributed by atoms with Crippen molar-refractivity contribution < 1.29 is 9.53 Å². The Bertz CT molecular complexity index is 742. The van der Waals surface area contributed by atoms with Crippen LogP contribution in [0.4, 0.5) is 4.79 Å². The smallest absolute Gasteiger partial charge is 0.409 e. The van der Waals surface area contributed by atoms with Crippen molar-refractivity contribution in [3.63, 3.8) is 0 Å². The van der Waals surface area contributed by atoms with Crippen LogP contribution in [0.2, 0.25) is 0 Å². The van der Waals surface area contributed by atoms with Gasteiger partial charge in [0.15, 0.2) is 0 Å². The molecule has 1 amide bonds. The average molecular weight is 458 g/mol. The quantitative estimate of drug-likeness (QED) is 0.377. The van der Waals surface area contributed by atoms with Crippen LogP contribution in [0, 0.1) is 46.3 Å². The summed E-state index contributed by atoms with van der Waals surface area (Å²) in [6.07, 6.45) is 16.9. The highest BCUT2D eigenvalue weighted by atomic mass is 16.6. The molecule has 3 fully saturated rings. The van der Waals surface area contributed by atoms with Gasteiger partial charge in [-0.2, -0.15) is 0 Å². The minimum atomic E-state index is -0.206. The van der Waals surface area contributed by atoms with E-state index in [-0.39, 0.29) is 12.2 Å². The van der Waals surface area contributed by atoms with Crippen LogP contribution in [0.1, 0.15) is 105 Å². The average Bonchev–Trinajstić information content (AvgIpc) is 3.11. The number of allylic oxidation sites excluding steroid dienone is 1. The second kappa shape index (κ2) is 9.57. The summed E-state index contributed by atoms with van der Waals surface area (Å²) in [5.74, 6) is 5.31. The van der Waals surface area contributed by atoms with Crippen LogP contribution in [0.5, 0.6) is 0 Å². The largest absolute Gasteiger partial charge is 0.442 e. The molecule has 0 saturated heterocycles. The van der Waals surface area contributed by atoms with Gasteiger partial charge in [-0.15, -0.1) is 0 Å². The highest BCUT2D eigenvalue weighted by Crippen LogP contribution is 2.67. The summed E-state index contributed by atoms with van der Waals surface area (Å²) in [5, 5.41) is 0. The van der Waals surface area contributed by atoms with Crippen LogP contribution in [0.25, 0.3) is 0 Å². The van der Waals surface area contributed by atoms with E-state index in [0.29, 0.717) is 10.8 Å². The molecule has 0 aromatic carbocycles. The second-order valence-corrected chi connectivity index (χ2v) is 13.4. The molecule has 0 aliphatic heterocycles. The third-order valence-corrected chi connectivity index (χ3v) is 10.9. The maximum atomic E-state index is 12.1. The number of amides is 1. The van der Waals surface area contributed by atoms with E-state index in [1.165, 1.54) is 64.2 Å². The minimum Gasteiger partial charge on any atom is -0.442 e. The highest BCUT2D eigenvalue weighted by molar-refractivity contribution is 5.67. The van der Waals surface area contributed by atoms with Crippen LogP contribution >= 0.6 is 0 Å². The molecule has 0 N–H and O–H groups in total. The Morgan fingerprint density at radius 3 is 2.48 bits per heavy atom. The normalized spacial score (nSPS) is 41.0. The van der Waals surface area contributed by atoms with E-state index in [9.17, 15) is 4.79 Å². The van der Waals surface area contributed by atoms with Crippen molar-refractivity contribution >= 4 is 6.09 Å². The Labute approximate surface area is 204 Å². The molecule has 0 heterocycles. The molecule has 0 aromatic rings. The first-order valence-electron chi connectivity index (χ1n) is 14.2. The van der Waals surface area contributed by atoms with Crippen molar-refractivity contribution in [3.05, 3.63) is 11.6 Å². The summed E-state index contributed by atoms with van der Waals surface area (Å²) in [5.41, 5.74) is 2.49. The monoisotopic (exact) mass is 457 g/mol. The van der Waals surface area contributed by atoms with Crippen LogP contribution in [0.15, 0.2) is 11.6 Å². The Morgan fingerprint density at radius 2 is 1.79 bits per heavy atom. The van der Waals surface area contributed by atoms with Crippen molar-refractivity contribution in [2.75, 3.05) is 14.1 Å². The second-order valence-electron chi connectivity index (χ2n) is 13.4. The number of hydrogen-bond donors (Lipinski definition) is 0. The molecule has 8 atom stereocenters. The highest BCUT2D eigenvalue weighted by Gasteiger charge is 2.59. The molecule has 4 aliphatic carbocycles. The predicted molar refractivity (Wildman–Crippen MR) is 137 cm³/mol. The molecule has 3 heteroatoms. The van der Waals surface area contributed by atoms with Crippen LogP contribution < -0.4 is 0 Å². The molecule has 4 aliphatic rings. The van der Waals surface area contributed by atoms with Crippen molar-refractivity contribution in [2.45, 2.75) is 111 Å². The topological polar surface area (TPSA) is 29.5 Å². The summed E-state index contributed by atoms with van der Waals surface area (Å²) in [6.45, 7) is 12.6. The SMILES string of the molecule is CC(C)CCC[C@@H](C)[C@H]1CC[C@H]2[C@@H]3CCC4=C[C@@H](OC(=O)N(C)C)CC[C@]4(C)[C@H]3CC[C@]12C. The fraction of sp³-hybridized carbons (Fsp3) is 0.900. The van der Waals surface area contributed by atoms with Crippen molar-refractivity contribution in [3.8, 4) is 0 Å². The van der Waals surface area contributed by atoms with Gasteiger partial charge in [0.05, 0.1) is 0 Å². The fourth-order valence-electron chi connectivity index (χ4n) is 9.05. The van der Waals surface area contributed by atoms with Crippen molar-refractivity contribution in [1.29, 1.82) is 0 Å². The number of carbonyl (C=O) groups is 1. The van der Waals surface area contributed by atoms with Gasteiger partial charge in [-0.1, -0.05) is 59.5 Å². The minimum absolute atomic E-state index is 0.0315. The molecule has 0 unspecified atom stereocenters. The maximum absolute atomic E-state index is 12.1. The van der Waals surface area contributed by atoms with Crippen LogP contribution in [0.3, 0.4) is 0 Å². The molecule has 188 valence electrons. The van der Waals surface area contributed by atoms with E-state index in [1.54, 1.807) is 24.6 Å². The molecule has 4 rings (SSSR count). The summed E-state index contributed by atoms with van der Waals surface area (Å²) >= 11 is 0. The fourth-order valence-corrected chi connectivity index (χ4v) is 9.05. The molecule has 0 radical (unpaired) electrons. The first-order valence-corrected chi connectivity index (χ1v) is 14.2. The molecule has 3 nitrogen and oxygen atoms in total. The number of carbonyl (C=O) groups excluding carboxylic acids is 1. The van der Waals surface area contributed by atoms with E-state index in [2.05, 4.69) is 40.7 Å². The lowest BCUT2D eigenvalue weighted by Crippen LogP contribution is -2.51. The van der Waals surface area contributed by atoms with Crippen molar-refractivity contribution in [1.82, 2.24) is 4.90 Å². The van der Waals surface area contributed by atoms with Gasteiger partial charge in [-0.3, -0.25) is 0 Å². The van der Waals surface area contributed by atoms with Crippen molar-refractivity contribution in [2.24, 2.45) is 46.3 Å². The van der Waals surface area contributed by atoms with Gasteiger partial charge in [-0.05, 0) is 104 Å². The zero-order valence-electron chi connectivity index (χ0n) is 22.7. The molecule has 0 spiro atoms. The van der Waals surface area contributed by atoms with E-state index < -0.39 is 0 Å². The van der Waals surface area contributed by atoms with E-state index in [1.807, 2.05) is 0 Å². The lowest BCUT2D eigenvalue weighted by Gasteiger charge is -2.59. The van der Waals surface area contributed by atoms with Crippen LogP contribution in [-0.4, -0.2) is 31.2 Å². The third kappa shape index (κ3) is 4.64. The zero-order valence-corrected chi connectivity index (χ0v) is 22.7. The van der Waals surface area contributed by atoms with E-state index in [0.717, 1.165) is 41.9 Å². The standard InChI is InChI=1S/C30H51NO2/c1-20(2)9-8-10-21(3)25-13-14-26-24-12-11-22-19-23(33-28(32)31(6)7)15-17-29(22,4)27(24)16-18-30(25,26)5/h19-21,23-27H,8-18H2,1-7H3/t21-,23+,24+,25-,26+,27+,29+,30-/m1/s1. The third-order valence-electron chi connectivity index (χ3n) is 10.9. The van der Waals surface area contributed by atoms with Gasteiger partial charge >= 0.3 is 6.09 Å². The summed E-state index contributed by atoms with van der Waals surface area (Å²) in [6, 6.07) is 0. The molecule has 0 bridgehead atoms. The molecule has 33 heavy (non-hydrogen) atoms. The zero-order chi connectivity index (χ0) is 24.0. The van der Waals surface area contributed by atoms with Gasteiger partial charge in [0.1, 0.15) is 6.10 Å². The van der Waals surface area contributed by atoms with Gasteiger partial charge in [0, 0.05) is 14.1 Å². The summed E-state index contributed by atoms with van der Waals surface area (Å²) in [4.78, 5) is 13.6. The number of hydrogen-bond acceptors (Lipinski definition) is 2. The predicted octanol–water partition coefficient (Wildman–Crippen LogP) is 8.09. The Kier molecular flexibility index (Phi) is 7.29. The van der Waals surface area contributed by atoms with Gasteiger partial charge in [0.25, 0.3) is 0 Å². The Hall–Kier alpha value is -0.990. The summed E-state index contributed by atoms with van der Waals surface area (Å²) < 4.78 is 5.77. The number of rotatable bonds is 6. The number of fused-ring (bicyclic) bond motifs is 5. The first kappa shape index (κ1) is 25.1. The van der Waals surface area contributed by atoms with E-state index >= 15 is 0 Å². The lowest BCUT2D eigenvalue weighted by atomic mass is 9.46. The first-order chi connectivity index (χ1) is 15.6. The summed E-state index contributed by atoms with van der Waals surface area (Å²) in [7, 11) is 3.54. The maximum Gasteiger partial charge on any atom is 0.409 e. The number of nitrogens with zero attached hydrogens (tertiary/aromatic N) is 1. The molecular weight excluding hydrogens is 406 g/mol. The van der Waals surface area contributed by atoms with Gasteiger partial charge < -0.3 is 9.64 Å². The van der Waals surface area contributed by atoms with Crippen LogP contribution in [-0.2, 0) is 4.74 Å². The lowest BCUT2D eigenvalue weighted by molar-refractivity contribution is -0.0633. The Balaban J connectivity index is 1.45. The Morgan fingerprint density at radius 1 is 1.03 bits per heavy atom.